The summed E-state index contributed by atoms with van der Waals surface area (Å²) in [6.07, 6.45) is -19.4. The van der Waals surface area contributed by atoms with E-state index in [-0.39, 0.29) is 0 Å². The fourth-order valence-corrected chi connectivity index (χ4v) is 7.58. The average molecular weight is 961 g/mol. The van der Waals surface area contributed by atoms with Gasteiger partial charge >= 0.3 is 23.9 Å². The molecule has 0 spiro atoms. The highest BCUT2D eigenvalue weighted by Gasteiger charge is 2.49. The van der Waals surface area contributed by atoms with Crippen LogP contribution >= 0.6 is 0 Å². The summed E-state index contributed by atoms with van der Waals surface area (Å²) < 4.78 is 43.3. The quantitative estimate of drug-likeness (QED) is 0.0507. The lowest BCUT2D eigenvalue weighted by Crippen LogP contribution is -2.55. The molecule has 10 atom stereocenters. The Morgan fingerprint density at radius 3 is 1.12 bits per heavy atom. The van der Waals surface area contributed by atoms with Crippen molar-refractivity contribution in [3.05, 3.63) is 69.8 Å². The van der Waals surface area contributed by atoms with Crippen LogP contribution in [0, 0.1) is 0 Å². The van der Waals surface area contributed by atoms with Crippen molar-refractivity contribution in [3.8, 4) is 69.0 Å². The fraction of sp³-hybridized carbons (Fsp3) is 0.333. The zero-order valence-corrected chi connectivity index (χ0v) is 34.8. The Morgan fingerprint density at radius 2 is 0.809 bits per heavy atom. The molecule has 2 fully saturated rings. The lowest BCUT2D eigenvalue weighted by molar-refractivity contribution is -0.232. The Labute approximate surface area is 379 Å². The maximum Gasteiger partial charge on any atom is 0.347 e. The van der Waals surface area contributed by atoms with Crippen LogP contribution in [0.3, 0.4) is 0 Å². The zero-order valence-electron chi connectivity index (χ0n) is 34.8. The van der Waals surface area contributed by atoms with E-state index in [0.29, 0.717) is 0 Å². The number of hydrogen-bond donors (Lipinski definition) is 14. The Balaban J connectivity index is 1.17. The number of ether oxygens (including phenoxy) is 8. The molecule has 10 unspecified atom stereocenters. The smallest absolute Gasteiger partial charge is 0.347 e. The Morgan fingerprint density at radius 1 is 0.485 bits per heavy atom. The molecule has 4 aromatic carbocycles. The van der Waals surface area contributed by atoms with Crippen molar-refractivity contribution in [2.75, 3.05) is 27.4 Å². The summed E-state index contributed by atoms with van der Waals surface area (Å²) in [7, 11) is 1.97. The number of methoxy groups -OCH3 is 2. The Bertz CT molecular complexity index is 2450. The molecule has 68 heavy (non-hydrogen) atoms. The number of phenolic OH excluding ortho intramolecular Hbond substituents is 8. The molecule has 2 saturated heterocycles. The van der Waals surface area contributed by atoms with Gasteiger partial charge in [0.1, 0.15) is 85.4 Å². The fourth-order valence-electron chi connectivity index (χ4n) is 7.58. The van der Waals surface area contributed by atoms with Crippen molar-refractivity contribution >= 4 is 23.9 Å². The second kappa shape index (κ2) is 18.6. The van der Waals surface area contributed by atoms with Crippen molar-refractivity contribution in [3.63, 3.8) is 0 Å². The number of phenols is 8. The molecule has 0 aromatic heterocycles. The van der Waals surface area contributed by atoms with Crippen LogP contribution in [0.5, 0.6) is 69.0 Å². The molecule has 3 aliphatic rings. The minimum atomic E-state index is -2.08. The van der Waals surface area contributed by atoms with Crippen molar-refractivity contribution in [1.82, 2.24) is 0 Å². The van der Waals surface area contributed by atoms with Crippen LogP contribution < -0.4 is 18.9 Å². The molecule has 0 radical (unpaired) electrons. The first-order valence-corrected chi connectivity index (χ1v) is 19.6. The minimum absolute atomic E-state index is 0.457. The maximum absolute atomic E-state index is 13.9. The van der Waals surface area contributed by atoms with Crippen molar-refractivity contribution in [2.45, 2.75) is 61.0 Å². The van der Waals surface area contributed by atoms with Gasteiger partial charge in [-0.3, -0.25) is 0 Å². The van der Waals surface area contributed by atoms with Gasteiger partial charge in [-0.15, -0.1) is 0 Å². The first-order valence-electron chi connectivity index (χ1n) is 19.6. The van der Waals surface area contributed by atoms with Crippen molar-refractivity contribution in [2.24, 2.45) is 0 Å². The molecule has 7 rings (SSSR count). The van der Waals surface area contributed by atoms with Gasteiger partial charge in [-0.1, -0.05) is 0 Å². The van der Waals surface area contributed by atoms with Crippen LogP contribution in [-0.4, -0.2) is 172 Å². The SMILES string of the molecule is COc1c(C2OC(COC(=O)c3cc(O)c(O)c(O)c3)C(O)C(O)C2O)cc2c(c1O)OC(=O)c1cc(C3OC(COC(=O)c4cc(O)c(O)c(O)c4)C(O)C(O)C3O)c(OC)c(O)c1OC2=O. The number of carbonyl (C=O) groups is 4. The normalized spacial score (nSPS) is 25.6. The summed E-state index contributed by atoms with van der Waals surface area (Å²) in [4.78, 5) is 53.3. The standard InChI is InChI=1S/C42H40O26/c1-61-33-13(35-29(53)27(51)25(49)21(65-35)9-63-39(57)11-3-17(43)23(47)18(44)4-11)7-15-37(31(33)55)67-42(60)16-8-14(34(62-2)32(56)38(16)68-41(15)59)36-30(54)28(52)26(50)22(66-36)10-64-40(58)12-5-19(45)24(48)20(46)6-12/h3-8,21-22,25-30,35-36,43-56H,9-10H2,1-2H3. The van der Waals surface area contributed by atoms with Crippen LogP contribution in [-0.2, 0) is 18.9 Å². The molecule has 3 heterocycles. The van der Waals surface area contributed by atoms with Crippen LogP contribution in [0.15, 0.2) is 36.4 Å². The number of esters is 4. The summed E-state index contributed by atoms with van der Waals surface area (Å²) >= 11 is 0. The number of aliphatic hydroxyl groups is 6. The number of hydrogen-bond acceptors (Lipinski definition) is 26. The first kappa shape index (κ1) is 48.4. The molecule has 0 aliphatic carbocycles. The van der Waals surface area contributed by atoms with Gasteiger partial charge < -0.3 is 109 Å². The summed E-state index contributed by atoms with van der Waals surface area (Å²) in [5.74, 6) is -16.2. The third kappa shape index (κ3) is 8.52. The van der Waals surface area contributed by atoms with E-state index in [4.69, 9.17) is 37.9 Å². The first-order chi connectivity index (χ1) is 32.1. The Hall–Kier alpha value is -7.56. The molecule has 0 amide bonds. The van der Waals surface area contributed by atoms with Crippen molar-refractivity contribution < 1.29 is 129 Å². The highest BCUT2D eigenvalue weighted by atomic mass is 16.6. The predicted octanol–water partition coefficient (Wildman–Crippen LogP) is -1.14. The molecule has 4 aromatic rings. The van der Waals surface area contributed by atoms with E-state index in [1.807, 2.05) is 0 Å². The van der Waals surface area contributed by atoms with Gasteiger partial charge in [0.05, 0.1) is 25.3 Å². The van der Waals surface area contributed by atoms with E-state index in [2.05, 4.69) is 0 Å². The molecule has 3 aliphatic heterocycles. The van der Waals surface area contributed by atoms with Gasteiger partial charge in [-0.2, -0.15) is 0 Å². The average Bonchev–Trinajstić information content (AvgIpc) is 3.30. The van der Waals surface area contributed by atoms with Gasteiger partial charge in [0.25, 0.3) is 0 Å². The number of benzene rings is 4. The number of carbonyl (C=O) groups excluding carboxylic acids is 4. The number of fused-ring (bicyclic) bond motifs is 2. The van der Waals surface area contributed by atoms with Crippen LogP contribution in [0.4, 0.5) is 0 Å². The van der Waals surface area contributed by atoms with E-state index in [1.54, 1.807) is 0 Å². The molecule has 364 valence electrons. The predicted molar refractivity (Wildman–Crippen MR) is 214 cm³/mol. The van der Waals surface area contributed by atoms with Gasteiger partial charge in [0.2, 0.25) is 11.5 Å². The number of rotatable bonds is 10. The molecule has 0 saturated carbocycles. The van der Waals surface area contributed by atoms with Crippen molar-refractivity contribution in [1.29, 1.82) is 0 Å². The maximum atomic E-state index is 13.9. The molecular formula is C42H40O26. The highest BCUT2D eigenvalue weighted by Crippen LogP contribution is 2.52. The van der Waals surface area contributed by atoms with E-state index >= 15 is 0 Å². The highest BCUT2D eigenvalue weighted by molar-refractivity contribution is 6.04. The van der Waals surface area contributed by atoms with E-state index in [9.17, 15) is 90.7 Å². The van der Waals surface area contributed by atoms with E-state index in [1.165, 1.54) is 0 Å². The summed E-state index contributed by atoms with van der Waals surface area (Å²) in [5.41, 5.74) is -3.45. The van der Waals surface area contributed by atoms with Crippen LogP contribution in [0.25, 0.3) is 0 Å². The van der Waals surface area contributed by atoms with E-state index in [0.717, 1.165) is 50.6 Å². The lowest BCUT2D eigenvalue weighted by Gasteiger charge is -2.41. The lowest BCUT2D eigenvalue weighted by atomic mass is 9.89. The number of aromatic hydroxyl groups is 8. The van der Waals surface area contributed by atoms with Gasteiger partial charge in [0.15, 0.2) is 57.5 Å². The van der Waals surface area contributed by atoms with E-state index < -0.39 is 201 Å². The van der Waals surface area contributed by atoms with Crippen LogP contribution in [0.1, 0.15) is 64.8 Å². The molecule has 26 nitrogen and oxygen atoms in total. The second-order valence-corrected chi connectivity index (χ2v) is 15.3. The Kier molecular flexibility index (Phi) is 13.2. The summed E-state index contributed by atoms with van der Waals surface area (Å²) in [5, 5.41) is 147. The second-order valence-electron chi connectivity index (χ2n) is 15.3. The van der Waals surface area contributed by atoms with Gasteiger partial charge in [0, 0.05) is 11.1 Å². The molecule has 14 N–H and O–H groups in total. The molecular weight excluding hydrogens is 920 g/mol. The van der Waals surface area contributed by atoms with Crippen LogP contribution in [0.2, 0.25) is 0 Å². The third-order valence-electron chi connectivity index (χ3n) is 11.1. The molecule has 0 bridgehead atoms. The monoisotopic (exact) mass is 960 g/mol. The minimum Gasteiger partial charge on any atom is -0.504 e. The summed E-state index contributed by atoms with van der Waals surface area (Å²) in [6, 6.07) is 4.66. The number of aliphatic hydroxyl groups excluding tert-OH is 6. The third-order valence-corrected chi connectivity index (χ3v) is 11.1. The van der Waals surface area contributed by atoms with Gasteiger partial charge in [-0.05, 0) is 36.4 Å². The zero-order chi connectivity index (χ0) is 49.8. The summed E-state index contributed by atoms with van der Waals surface area (Å²) in [6.45, 7) is -1.76. The molecule has 26 heteroatoms. The largest absolute Gasteiger partial charge is 0.504 e. The topological polar surface area (TPSA) is 425 Å². The van der Waals surface area contributed by atoms with Gasteiger partial charge in [-0.25, -0.2) is 19.2 Å².